The Balaban J connectivity index is 2.24. The third kappa shape index (κ3) is 3.10. The molecule has 1 amide bonds. The number of hydrogen-bond acceptors (Lipinski definition) is 4. The molecule has 0 saturated carbocycles. The average molecular weight is 278 g/mol. The van der Waals surface area contributed by atoms with E-state index in [4.69, 9.17) is 9.47 Å². The van der Waals surface area contributed by atoms with Gasteiger partial charge in [-0.1, -0.05) is 0 Å². The van der Waals surface area contributed by atoms with Crippen LogP contribution in [0.25, 0.3) is 0 Å². The van der Waals surface area contributed by atoms with Crippen molar-refractivity contribution in [3.63, 3.8) is 0 Å². The normalized spacial score (nSPS) is 22.9. The summed E-state index contributed by atoms with van der Waals surface area (Å²) in [5.74, 6) is 0.357. The first-order valence-electron chi connectivity index (χ1n) is 7.05. The highest BCUT2D eigenvalue weighted by molar-refractivity contribution is 5.96. The number of carbonyl (C=O) groups is 1. The van der Waals surface area contributed by atoms with E-state index in [0.717, 1.165) is 0 Å². The van der Waals surface area contributed by atoms with Gasteiger partial charge in [-0.3, -0.25) is 4.79 Å². The summed E-state index contributed by atoms with van der Waals surface area (Å²) in [6, 6.07) is 3.57. The van der Waals surface area contributed by atoms with Crippen molar-refractivity contribution in [2.45, 2.75) is 45.9 Å². The van der Waals surface area contributed by atoms with Gasteiger partial charge in [-0.2, -0.15) is 0 Å². The molecule has 1 fully saturated rings. The van der Waals surface area contributed by atoms with Gasteiger partial charge >= 0.3 is 0 Å². The topological polar surface area (TPSA) is 51.7 Å². The lowest BCUT2D eigenvalue weighted by atomic mass is 10.1. The molecule has 20 heavy (non-hydrogen) atoms. The molecule has 1 saturated heterocycles. The van der Waals surface area contributed by atoms with Crippen molar-refractivity contribution in [1.82, 2.24) is 9.88 Å². The maximum atomic E-state index is 12.7. The van der Waals surface area contributed by atoms with Gasteiger partial charge in [0, 0.05) is 12.7 Å². The monoisotopic (exact) mass is 278 g/mol. The summed E-state index contributed by atoms with van der Waals surface area (Å²) in [6.45, 7) is 8.99. The van der Waals surface area contributed by atoms with Gasteiger partial charge < -0.3 is 14.4 Å². The van der Waals surface area contributed by atoms with E-state index in [0.29, 0.717) is 24.6 Å². The maximum Gasteiger partial charge on any atom is 0.259 e. The van der Waals surface area contributed by atoms with Gasteiger partial charge in [0.15, 0.2) is 0 Å². The molecule has 1 aliphatic heterocycles. The van der Waals surface area contributed by atoms with Crippen molar-refractivity contribution >= 4 is 5.91 Å². The largest absolute Gasteiger partial charge is 0.474 e. The van der Waals surface area contributed by atoms with E-state index in [1.807, 2.05) is 32.6 Å². The molecular weight excluding hydrogens is 256 g/mol. The first kappa shape index (κ1) is 14.8. The Hall–Kier alpha value is -1.62. The van der Waals surface area contributed by atoms with Crippen molar-refractivity contribution < 1.29 is 14.3 Å². The van der Waals surface area contributed by atoms with E-state index in [2.05, 4.69) is 4.98 Å². The number of amides is 1. The van der Waals surface area contributed by atoms with Gasteiger partial charge in [0.2, 0.25) is 5.88 Å². The molecule has 2 unspecified atom stereocenters. The number of nitrogens with zero attached hydrogens (tertiary/aromatic N) is 2. The van der Waals surface area contributed by atoms with E-state index in [1.165, 1.54) is 0 Å². The van der Waals surface area contributed by atoms with Crippen LogP contribution in [0.4, 0.5) is 0 Å². The quantitative estimate of drug-likeness (QED) is 0.850. The molecule has 110 valence electrons. The van der Waals surface area contributed by atoms with Crippen LogP contribution in [0.5, 0.6) is 5.88 Å². The molecule has 0 radical (unpaired) electrons. The fourth-order valence-corrected chi connectivity index (χ4v) is 2.25. The summed E-state index contributed by atoms with van der Waals surface area (Å²) in [7, 11) is 0. The maximum absolute atomic E-state index is 12.7. The highest BCUT2D eigenvalue weighted by Gasteiger charge is 2.31. The number of carbonyl (C=O) groups excluding carboxylic acids is 1. The first-order valence-corrected chi connectivity index (χ1v) is 7.05. The fourth-order valence-electron chi connectivity index (χ4n) is 2.25. The lowest BCUT2D eigenvalue weighted by Crippen LogP contribution is -2.51. The van der Waals surface area contributed by atoms with Gasteiger partial charge in [0.1, 0.15) is 5.56 Å². The standard InChI is InChI=1S/C15H22N2O3/c1-10(2)20-14-13(6-5-7-16-14)15(18)17-8-9-19-12(4)11(17)3/h5-7,10-12H,8-9H2,1-4H3. The number of morpholine rings is 1. The van der Waals surface area contributed by atoms with E-state index < -0.39 is 0 Å². The Bertz CT molecular complexity index is 476. The Morgan fingerprint density at radius 2 is 2.25 bits per heavy atom. The van der Waals surface area contributed by atoms with E-state index in [9.17, 15) is 4.79 Å². The van der Waals surface area contributed by atoms with Crippen molar-refractivity contribution in [3.05, 3.63) is 23.9 Å². The summed E-state index contributed by atoms with van der Waals surface area (Å²) >= 11 is 0. The third-order valence-corrected chi connectivity index (χ3v) is 3.49. The molecule has 0 spiro atoms. The second-order valence-corrected chi connectivity index (χ2v) is 5.34. The van der Waals surface area contributed by atoms with Crippen LogP contribution >= 0.6 is 0 Å². The summed E-state index contributed by atoms with van der Waals surface area (Å²) in [5, 5.41) is 0. The highest BCUT2D eigenvalue weighted by atomic mass is 16.5. The fraction of sp³-hybridized carbons (Fsp3) is 0.600. The summed E-state index contributed by atoms with van der Waals surface area (Å²) in [6.07, 6.45) is 1.66. The Kier molecular flexibility index (Phi) is 4.60. The second kappa shape index (κ2) is 6.22. The zero-order valence-corrected chi connectivity index (χ0v) is 12.5. The van der Waals surface area contributed by atoms with Crippen LogP contribution in [-0.4, -0.2) is 47.2 Å². The SMILES string of the molecule is CC(C)Oc1ncccc1C(=O)N1CCOC(C)C1C. The average Bonchev–Trinajstić information content (AvgIpc) is 2.41. The molecule has 1 aliphatic rings. The number of pyridine rings is 1. The molecule has 5 nitrogen and oxygen atoms in total. The molecule has 0 N–H and O–H groups in total. The van der Waals surface area contributed by atoms with Crippen LogP contribution in [0, 0.1) is 0 Å². The van der Waals surface area contributed by atoms with Crippen molar-refractivity contribution in [3.8, 4) is 5.88 Å². The highest BCUT2D eigenvalue weighted by Crippen LogP contribution is 2.22. The summed E-state index contributed by atoms with van der Waals surface area (Å²) < 4.78 is 11.2. The molecular formula is C15H22N2O3. The smallest absolute Gasteiger partial charge is 0.259 e. The lowest BCUT2D eigenvalue weighted by molar-refractivity contribution is -0.0441. The van der Waals surface area contributed by atoms with Crippen LogP contribution in [0.3, 0.4) is 0 Å². The number of hydrogen-bond donors (Lipinski definition) is 0. The molecule has 1 aromatic rings. The molecule has 1 aromatic heterocycles. The van der Waals surface area contributed by atoms with E-state index >= 15 is 0 Å². The molecule has 0 aromatic carbocycles. The van der Waals surface area contributed by atoms with Crippen LogP contribution in [0.1, 0.15) is 38.1 Å². The summed E-state index contributed by atoms with van der Waals surface area (Å²) in [5.41, 5.74) is 0.516. The molecule has 2 rings (SSSR count). The summed E-state index contributed by atoms with van der Waals surface area (Å²) in [4.78, 5) is 18.7. The Morgan fingerprint density at radius 1 is 1.50 bits per heavy atom. The van der Waals surface area contributed by atoms with Gasteiger partial charge in [-0.05, 0) is 39.8 Å². The zero-order valence-electron chi connectivity index (χ0n) is 12.5. The molecule has 0 aliphatic carbocycles. The third-order valence-electron chi connectivity index (χ3n) is 3.49. The number of ether oxygens (including phenoxy) is 2. The molecule has 0 bridgehead atoms. The Labute approximate surface area is 119 Å². The van der Waals surface area contributed by atoms with Gasteiger partial charge in [-0.25, -0.2) is 4.98 Å². The van der Waals surface area contributed by atoms with Crippen LogP contribution in [0.15, 0.2) is 18.3 Å². The predicted octanol–water partition coefficient (Wildman–Crippen LogP) is 2.12. The number of rotatable bonds is 3. The van der Waals surface area contributed by atoms with E-state index in [1.54, 1.807) is 18.3 Å². The number of aromatic nitrogens is 1. The van der Waals surface area contributed by atoms with Crippen molar-refractivity contribution in [2.24, 2.45) is 0 Å². The van der Waals surface area contributed by atoms with Gasteiger partial charge in [0.05, 0.1) is 24.9 Å². The Morgan fingerprint density at radius 3 is 2.95 bits per heavy atom. The van der Waals surface area contributed by atoms with Crippen molar-refractivity contribution in [2.75, 3.05) is 13.2 Å². The molecule has 5 heteroatoms. The molecule has 2 atom stereocenters. The van der Waals surface area contributed by atoms with E-state index in [-0.39, 0.29) is 24.2 Å². The lowest BCUT2D eigenvalue weighted by Gasteiger charge is -2.38. The van der Waals surface area contributed by atoms with Crippen LogP contribution in [0.2, 0.25) is 0 Å². The first-order chi connectivity index (χ1) is 9.50. The van der Waals surface area contributed by atoms with Crippen molar-refractivity contribution in [1.29, 1.82) is 0 Å². The molecule has 2 heterocycles. The van der Waals surface area contributed by atoms with Crippen LogP contribution in [-0.2, 0) is 4.74 Å². The zero-order chi connectivity index (χ0) is 14.7. The second-order valence-electron chi connectivity index (χ2n) is 5.34. The predicted molar refractivity (Wildman–Crippen MR) is 75.9 cm³/mol. The minimum absolute atomic E-state index is 0.0162. The minimum Gasteiger partial charge on any atom is -0.474 e. The van der Waals surface area contributed by atoms with Gasteiger partial charge in [-0.15, -0.1) is 0 Å². The van der Waals surface area contributed by atoms with Crippen LogP contribution < -0.4 is 4.74 Å². The minimum atomic E-state index is -0.0450. The van der Waals surface area contributed by atoms with Gasteiger partial charge in [0.25, 0.3) is 5.91 Å².